The van der Waals surface area contributed by atoms with E-state index >= 15 is 0 Å². The number of rotatable bonds is 2. The molecule has 6 heavy (non-hydrogen) atoms. The quantitative estimate of drug-likeness (QED) is 0.617. The van der Waals surface area contributed by atoms with E-state index in [0.29, 0.717) is 0 Å². The van der Waals surface area contributed by atoms with Gasteiger partial charge in [-0.1, -0.05) is 0 Å². The third-order valence-corrected chi connectivity index (χ3v) is 4.94. The topological polar surface area (TPSA) is 0 Å². The third-order valence-electron chi connectivity index (χ3n) is 0.402. The SMILES string of the molecule is C=[CH][Sn](=[S])[CH]=C. The fourth-order valence-electron chi connectivity index (χ4n) is 0.0833. The summed E-state index contributed by atoms with van der Waals surface area (Å²) in [5.74, 6) is 0. The van der Waals surface area contributed by atoms with E-state index in [-0.39, 0.29) is 0 Å². The molecule has 0 nitrogen and oxygen atoms in total. The van der Waals surface area contributed by atoms with Gasteiger partial charge in [0.25, 0.3) is 0 Å². The van der Waals surface area contributed by atoms with E-state index in [1.807, 2.05) is 8.18 Å². The summed E-state index contributed by atoms with van der Waals surface area (Å²) in [6, 6.07) is 0. The average Bonchev–Trinajstić information content (AvgIpc) is 1.65. The average molecular weight is 205 g/mol. The van der Waals surface area contributed by atoms with Crippen molar-refractivity contribution in [1.29, 1.82) is 0 Å². The predicted molar refractivity (Wildman–Crippen MR) is 33.7 cm³/mol. The Morgan fingerprint density at radius 3 is 1.67 bits per heavy atom. The van der Waals surface area contributed by atoms with E-state index < -0.39 is 17.8 Å². The predicted octanol–water partition coefficient (Wildman–Crippen LogP) is 1.63. The molecule has 0 amide bonds. The van der Waals surface area contributed by atoms with Crippen LogP contribution in [0.3, 0.4) is 0 Å². The zero-order chi connectivity index (χ0) is 4.99. The first-order chi connectivity index (χ1) is 2.81. The monoisotopic (exact) mass is 206 g/mol. The molecule has 0 radical (unpaired) electrons. The minimum absolute atomic E-state index is 1.51. The van der Waals surface area contributed by atoms with E-state index in [9.17, 15) is 0 Å². The number of hydrogen-bond donors (Lipinski definition) is 0. The van der Waals surface area contributed by atoms with Crippen molar-refractivity contribution in [2.75, 3.05) is 0 Å². The molecule has 0 aliphatic carbocycles. The van der Waals surface area contributed by atoms with Crippen LogP contribution in [0.1, 0.15) is 0 Å². The molecule has 0 fully saturated rings. The zero-order valence-electron chi connectivity index (χ0n) is 3.48. The maximum absolute atomic E-state index is 4.90. The molecule has 2 heteroatoms. The summed E-state index contributed by atoms with van der Waals surface area (Å²) >= 11 is -1.51. The van der Waals surface area contributed by atoms with Crippen molar-refractivity contribution in [3.63, 3.8) is 0 Å². The van der Waals surface area contributed by atoms with Crippen molar-refractivity contribution >= 4 is 27.1 Å². The van der Waals surface area contributed by atoms with E-state index in [1.165, 1.54) is 0 Å². The maximum atomic E-state index is 4.90. The molecule has 0 spiro atoms. The van der Waals surface area contributed by atoms with Crippen LogP contribution in [0.15, 0.2) is 21.3 Å². The van der Waals surface area contributed by atoms with Crippen LogP contribution in [-0.4, -0.2) is 17.8 Å². The van der Waals surface area contributed by atoms with Crippen LogP contribution in [0.25, 0.3) is 0 Å². The minimum atomic E-state index is -1.51. The van der Waals surface area contributed by atoms with Crippen LogP contribution < -0.4 is 0 Å². The molecule has 0 rings (SSSR count). The first kappa shape index (κ1) is 6.50. The summed E-state index contributed by atoms with van der Waals surface area (Å²) < 4.78 is 3.73. The van der Waals surface area contributed by atoms with Crippen LogP contribution in [-0.2, 0) is 0 Å². The van der Waals surface area contributed by atoms with Gasteiger partial charge in [-0.05, 0) is 0 Å². The molecule has 0 unspecified atom stereocenters. The van der Waals surface area contributed by atoms with Gasteiger partial charge < -0.3 is 0 Å². The molecule has 0 N–H and O–H groups in total. The Labute approximate surface area is 48.5 Å². The standard InChI is InChI=1S/2C2H3.S.Sn/c2*1-2;;/h2*1H,2H2;;. The molecule has 0 heterocycles. The van der Waals surface area contributed by atoms with Crippen molar-refractivity contribution in [3.05, 3.63) is 21.3 Å². The van der Waals surface area contributed by atoms with Gasteiger partial charge in [0.2, 0.25) is 0 Å². The van der Waals surface area contributed by atoms with E-state index in [2.05, 4.69) is 13.2 Å². The van der Waals surface area contributed by atoms with Crippen LogP contribution >= 0.6 is 9.29 Å². The van der Waals surface area contributed by atoms with E-state index in [4.69, 9.17) is 9.29 Å². The zero-order valence-corrected chi connectivity index (χ0v) is 7.15. The Kier molecular flexibility index (Phi) is 3.99. The van der Waals surface area contributed by atoms with Crippen LogP contribution in [0.5, 0.6) is 0 Å². The van der Waals surface area contributed by atoms with Crippen molar-refractivity contribution in [2.24, 2.45) is 0 Å². The normalized spacial score (nSPS) is 6.67. The summed E-state index contributed by atoms with van der Waals surface area (Å²) in [7, 11) is 4.90. The summed E-state index contributed by atoms with van der Waals surface area (Å²) in [6.45, 7) is 7.09. The summed E-state index contributed by atoms with van der Waals surface area (Å²) in [6.07, 6.45) is 0. The molecule has 0 aliphatic rings. The van der Waals surface area contributed by atoms with Gasteiger partial charge >= 0.3 is 48.4 Å². The Bertz CT molecular complexity index is 75.5. The summed E-state index contributed by atoms with van der Waals surface area (Å²) in [4.78, 5) is 0. The molecule has 0 aliphatic heterocycles. The second-order valence-electron chi connectivity index (χ2n) is 0.811. The Hall–Kier alpha value is 0.499. The van der Waals surface area contributed by atoms with Crippen LogP contribution in [0.4, 0.5) is 0 Å². The van der Waals surface area contributed by atoms with Gasteiger partial charge in [-0.15, -0.1) is 0 Å². The molecule has 0 aromatic heterocycles. The Morgan fingerprint density at radius 1 is 1.33 bits per heavy atom. The van der Waals surface area contributed by atoms with Crippen molar-refractivity contribution < 1.29 is 0 Å². The molecule has 0 aromatic rings. The number of hydrogen-bond acceptors (Lipinski definition) is 1. The van der Waals surface area contributed by atoms with E-state index in [0.717, 1.165) is 0 Å². The van der Waals surface area contributed by atoms with Crippen LogP contribution in [0, 0.1) is 0 Å². The first-order valence-corrected chi connectivity index (χ1v) is 8.80. The molecule has 0 bridgehead atoms. The van der Waals surface area contributed by atoms with Gasteiger partial charge in [0, 0.05) is 0 Å². The van der Waals surface area contributed by atoms with Gasteiger partial charge in [0.05, 0.1) is 0 Å². The summed E-state index contributed by atoms with van der Waals surface area (Å²) in [5, 5.41) is 0. The molecular weight excluding hydrogens is 199 g/mol. The van der Waals surface area contributed by atoms with Gasteiger partial charge in [-0.3, -0.25) is 0 Å². The van der Waals surface area contributed by atoms with Crippen molar-refractivity contribution in [1.82, 2.24) is 0 Å². The third kappa shape index (κ3) is 2.72. The molecular formula is C4H6SSn. The molecule has 0 aromatic carbocycles. The molecule has 0 atom stereocenters. The van der Waals surface area contributed by atoms with Gasteiger partial charge in [0.1, 0.15) is 0 Å². The fourth-order valence-corrected chi connectivity index (χ4v) is 0.559. The fraction of sp³-hybridized carbons (Fsp3) is 0. The second-order valence-corrected chi connectivity index (χ2v) is 8.60. The van der Waals surface area contributed by atoms with Crippen LogP contribution in [0.2, 0.25) is 0 Å². The molecule has 32 valence electrons. The molecule has 0 saturated carbocycles. The second kappa shape index (κ2) is 3.68. The summed E-state index contributed by atoms with van der Waals surface area (Å²) in [5.41, 5.74) is 0. The Balaban J connectivity index is 3.52. The van der Waals surface area contributed by atoms with Crippen molar-refractivity contribution in [3.8, 4) is 0 Å². The molecule has 0 saturated heterocycles. The van der Waals surface area contributed by atoms with Gasteiger partial charge in [0.15, 0.2) is 0 Å². The Morgan fingerprint density at radius 2 is 1.67 bits per heavy atom. The van der Waals surface area contributed by atoms with Crippen molar-refractivity contribution in [2.45, 2.75) is 0 Å². The van der Waals surface area contributed by atoms with E-state index in [1.54, 1.807) is 0 Å². The first-order valence-electron chi connectivity index (χ1n) is 1.60. The van der Waals surface area contributed by atoms with Gasteiger partial charge in [-0.2, -0.15) is 0 Å². The van der Waals surface area contributed by atoms with Gasteiger partial charge in [-0.25, -0.2) is 0 Å².